The highest BCUT2D eigenvalue weighted by Crippen LogP contribution is 2.36. The van der Waals surface area contributed by atoms with Gasteiger partial charge >= 0.3 is 0 Å². The number of benzene rings is 1. The SMILES string of the molecule is O=C1CC(CC2CC2)=NN1c1cccc(F)c1Cl. The Labute approximate surface area is 109 Å². The number of carbonyl (C=O) groups excluding carboxylic acids is 1. The van der Waals surface area contributed by atoms with Crippen molar-refractivity contribution >= 4 is 28.9 Å². The Bertz CT molecular complexity index is 540. The van der Waals surface area contributed by atoms with Gasteiger partial charge in [-0.3, -0.25) is 4.79 Å². The zero-order chi connectivity index (χ0) is 12.7. The number of rotatable bonds is 3. The lowest BCUT2D eigenvalue weighted by Gasteiger charge is -2.13. The van der Waals surface area contributed by atoms with Gasteiger partial charge in [0.1, 0.15) is 10.8 Å². The Morgan fingerprint density at radius 2 is 2.22 bits per heavy atom. The average molecular weight is 267 g/mol. The van der Waals surface area contributed by atoms with Gasteiger partial charge < -0.3 is 0 Å². The minimum Gasteiger partial charge on any atom is -0.272 e. The van der Waals surface area contributed by atoms with Crippen LogP contribution in [0.25, 0.3) is 0 Å². The van der Waals surface area contributed by atoms with Crippen LogP contribution in [-0.4, -0.2) is 11.6 Å². The average Bonchev–Trinajstić information content (AvgIpc) is 3.06. The van der Waals surface area contributed by atoms with E-state index < -0.39 is 5.82 Å². The fraction of sp³-hybridized carbons (Fsp3) is 0.385. The number of hydrogen-bond donors (Lipinski definition) is 0. The molecule has 1 aromatic rings. The van der Waals surface area contributed by atoms with Crippen molar-refractivity contribution in [1.29, 1.82) is 0 Å². The molecule has 0 spiro atoms. The Morgan fingerprint density at radius 3 is 2.94 bits per heavy atom. The van der Waals surface area contributed by atoms with Crippen LogP contribution in [0, 0.1) is 11.7 Å². The predicted octanol–water partition coefficient (Wildman–Crippen LogP) is 3.37. The lowest BCUT2D eigenvalue weighted by atomic mass is 10.1. The molecule has 3 rings (SSSR count). The molecule has 0 aromatic heterocycles. The van der Waals surface area contributed by atoms with Gasteiger partial charge in [-0.1, -0.05) is 17.7 Å². The van der Waals surface area contributed by atoms with Gasteiger partial charge in [0.05, 0.1) is 12.1 Å². The lowest BCUT2D eigenvalue weighted by Crippen LogP contribution is -2.20. The number of carbonyl (C=O) groups is 1. The third kappa shape index (κ3) is 2.12. The number of amides is 1. The molecule has 0 bridgehead atoms. The lowest BCUT2D eigenvalue weighted by molar-refractivity contribution is -0.116. The molecule has 1 saturated carbocycles. The number of nitrogens with zero attached hydrogens (tertiary/aromatic N) is 2. The third-order valence-electron chi connectivity index (χ3n) is 3.21. The van der Waals surface area contributed by atoms with E-state index in [4.69, 9.17) is 11.6 Å². The number of anilines is 1. The zero-order valence-electron chi connectivity index (χ0n) is 9.70. The quantitative estimate of drug-likeness (QED) is 0.826. The summed E-state index contributed by atoms with van der Waals surface area (Å²) in [4.78, 5) is 11.9. The summed E-state index contributed by atoms with van der Waals surface area (Å²) in [5, 5.41) is 5.44. The van der Waals surface area contributed by atoms with E-state index >= 15 is 0 Å². The van der Waals surface area contributed by atoms with Crippen LogP contribution in [0.4, 0.5) is 10.1 Å². The Morgan fingerprint density at radius 1 is 1.44 bits per heavy atom. The van der Waals surface area contributed by atoms with Crippen molar-refractivity contribution in [3.8, 4) is 0 Å². The topological polar surface area (TPSA) is 32.7 Å². The fourth-order valence-corrected chi connectivity index (χ4v) is 2.30. The first-order valence-electron chi connectivity index (χ1n) is 5.98. The highest BCUT2D eigenvalue weighted by Gasteiger charge is 2.31. The molecule has 2 aliphatic rings. The van der Waals surface area contributed by atoms with Crippen molar-refractivity contribution in [2.45, 2.75) is 25.7 Å². The van der Waals surface area contributed by atoms with Gasteiger partial charge in [-0.15, -0.1) is 0 Å². The molecule has 5 heteroatoms. The Kier molecular flexibility index (Phi) is 2.82. The van der Waals surface area contributed by atoms with E-state index in [1.54, 1.807) is 6.07 Å². The Hall–Kier alpha value is -1.42. The summed E-state index contributed by atoms with van der Waals surface area (Å²) in [6.45, 7) is 0. The van der Waals surface area contributed by atoms with E-state index in [9.17, 15) is 9.18 Å². The van der Waals surface area contributed by atoms with Crippen LogP contribution >= 0.6 is 11.6 Å². The largest absolute Gasteiger partial charge is 0.272 e. The van der Waals surface area contributed by atoms with E-state index in [1.807, 2.05) is 0 Å². The maximum absolute atomic E-state index is 13.4. The molecule has 1 aliphatic carbocycles. The summed E-state index contributed by atoms with van der Waals surface area (Å²) in [6.07, 6.45) is 3.63. The van der Waals surface area contributed by atoms with E-state index in [-0.39, 0.29) is 10.9 Å². The summed E-state index contributed by atoms with van der Waals surface area (Å²) in [7, 11) is 0. The van der Waals surface area contributed by atoms with Gasteiger partial charge in [0.2, 0.25) is 0 Å². The van der Waals surface area contributed by atoms with E-state index in [1.165, 1.54) is 30.0 Å². The summed E-state index contributed by atoms with van der Waals surface area (Å²) in [6, 6.07) is 4.40. The molecule has 0 radical (unpaired) electrons. The van der Waals surface area contributed by atoms with Crippen LogP contribution in [-0.2, 0) is 4.79 Å². The molecule has 0 N–H and O–H groups in total. The van der Waals surface area contributed by atoms with Crippen molar-refractivity contribution in [2.75, 3.05) is 5.01 Å². The van der Waals surface area contributed by atoms with Gasteiger partial charge in [0, 0.05) is 5.71 Å². The van der Waals surface area contributed by atoms with Gasteiger partial charge in [0.25, 0.3) is 5.91 Å². The van der Waals surface area contributed by atoms with Crippen molar-refractivity contribution in [2.24, 2.45) is 11.0 Å². The molecule has 1 amide bonds. The summed E-state index contributed by atoms with van der Waals surface area (Å²) < 4.78 is 13.4. The van der Waals surface area contributed by atoms with Crippen LogP contribution in [0.1, 0.15) is 25.7 Å². The minimum absolute atomic E-state index is 0.0535. The molecule has 18 heavy (non-hydrogen) atoms. The third-order valence-corrected chi connectivity index (χ3v) is 3.59. The first-order valence-corrected chi connectivity index (χ1v) is 6.36. The minimum atomic E-state index is -0.534. The molecule has 1 aromatic carbocycles. The first-order chi connectivity index (χ1) is 8.65. The van der Waals surface area contributed by atoms with Crippen LogP contribution in [0.3, 0.4) is 0 Å². The van der Waals surface area contributed by atoms with Gasteiger partial charge in [-0.2, -0.15) is 10.1 Å². The normalized spacial score (nSPS) is 19.3. The monoisotopic (exact) mass is 266 g/mol. The standard InChI is InChI=1S/C13H12ClFN2O/c14-13-10(15)2-1-3-11(13)17-12(18)7-9(16-17)6-8-4-5-8/h1-3,8H,4-7H2. The molecule has 1 fully saturated rings. The van der Waals surface area contributed by atoms with Gasteiger partial charge in [-0.05, 0) is 37.3 Å². The second-order valence-electron chi connectivity index (χ2n) is 4.77. The molecule has 3 nitrogen and oxygen atoms in total. The highest BCUT2D eigenvalue weighted by atomic mass is 35.5. The van der Waals surface area contributed by atoms with Gasteiger partial charge in [-0.25, -0.2) is 4.39 Å². The highest BCUT2D eigenvalue weighted by molar-refractivity contribution is 6.34. The molecule has 0 unspecified atom stereocenters. The molecule has 0 saturated heterocycles. The molecule has 1 heterocycles. The molecule has 0 atom stereocenters. The van der Waals surface area contributed by atoms with Crippen LogP contribution in [0.5, 0.6) is 0 Å². The molecular weight excluding hydrogens is 255 g/mol. The van der Waals surface area contributed by atoms with Crippen LogP contribution in [0.15, 0.2) is 23.3 Å². The predicted molar refractivity (Wildman–Crippen MR) is 68.3 cm³/mol. The van der Waals surface area contributed by atoms with Crippen molar-refractivity contribution in [1.82, 2.24) is 0 Å². The van der Waals surface area contributed by atoms with Crippen LogP contribution in [0.2, 0.25) is 5.02 Å². The number of halogens is 2. The smallest absolute Gasteiger partial charge is 0.253 e. The Balaban J connectivity index is 1.88. The van der Waals surface area contributed by atoms with E-state index in [0.717, 1.165) is 12.1 Å². The van der Waals surface area contributed by atoms with E-state index in [2.05, 4.69) is 5.10 Å². The zero-order valence-corrected chi connectivity index (χ0v) is 10.5. The summed E-state index contributed by atoms with van der Waals surface area (Å²) in [5.74, 6) is 0.00504. The second kappa shape index (κ2) is 4.35. The van der Waals surface area contributed by atoms with E-state index in [0.29, 0.717) is 18.0 Å². The molecular formula is C13H12ClFN2O. The maximum Gasteiger partial charge on any atom is 0.253 e. The van der Waals surface area contributed by atoms with Crippen molar-refractivity contribution in [3.63, 3.8) is 0 Å². The first kappa shape index (κ1) is 11.7. The number of hydrazone groups is 1. The molecule has 1 aliphatic heterocycles. The van der Waals surface area contributed by atoms with Gasteiger partial charge in [0.15, 0.2) is 0 Å². The summed E-state index contributed by atoms with van der Waals surface area (Å²) >= 11 is 5.87. The fourth-order valence-electron chi connectivity index (χ4n) is 2.09. The number of hydrogen-bond acceptors (Lipinski definition) is 2. The maximum atomic E-state index is 13.4. The second-order valence-corrected chi connectivity index (χ2v) is 5.15. The summed E-state index contributed by atoms with van der Waals surface area (Å²) in [5.41, 5.74) is 1.20. The van der Waals surface area contributed by atoms with Crippen molar-refractivity contribution in [3.05, 3.63) is 29.0 Å². The van der Waals surface area contributed by atoms with Crippen LogP contribution < -0.4 is 5.01 Å². The van der Waals surface area contributed by atoms with Crippen molar-refractivity contribution < 1.29 is 9.18 Å². The molecule has 94 valence electrons.